The standard InChI is InChI=1S/C18H32N2/c1-15(2)8-10-20(11-9-16(3)4)14-18-7-5-6-17(12-18)13-19/h5-7,12,15-16H,8-11,13-14,19H2,1-4H3. The van der Waals surface area contributed by atoms with Gasteiger partial charge in [0.2, 0.25) is 0 Å². The van der Waals surface area contributed by atoms with E-state index in [1.165, 1.54) is 37.1 Å². The maximum atomic E-state index is 5.73. The average molecular weight is 276 g/mol. The SMILES string of the molecule is CC(C)CCN(CCC(C)C)Cc1cccc(CN)c1. The summed E-state index contributed by atoms with van der Waals surface area (Å²) in [7, 11) is 0. The van der Waals surface area contributed by atoms with Crippen molar-refractivity contribution in [2.24, 2.45) is 17.6 Å². The summed E-state index contributed by atoms with van der Waals surface area (Å²) < 4.78 is 0. The Morgan fingerprint density at radius 3 is 2.00 bits per heavy atom. The van der Waals surface area contributed by atoms with Gasteiger partial charge in [0, 0.05) is 13.1 Å². The van der Waals surface area contributed by atoms with E-state index < -0.39 is 0 Å². The molecule has 0 radical (unpaired) electrons. The molecule has 2 N–H and O–H groups in total. The zero-order chi connectivity index (χ0) is 15.0. The van der Waals surface area contributed by atoms with Crippen LogP contribution in [0, 0.1) is 11.8 Å². The van der Waals surface area contributed by atoms with E-state index in [1.807, 2.05) is 0 Å². The molecule has 1 aromatic carbocycles. The fraction of sp³-hybridized carbons (Fsp3) is 0.667. The third-order valence-electron chi connectivity index (χ3n) is 3.68. The number of hydrogen-bond donors (Lipinski definition) is 1. The second kappa shape index (κ2) is 9.15. The molecular weight excluding hydrogens is 244 g/mol. The van der Waals surface area contributed by atoms with Crippen LogP contribution in [0.2, 0.25) is 0 Å². The van der Waals surface area contributed by atoms with Gasteiger partial charge in [0.05, 0.1) is 0 Å². The molecule has 2 heteroatoms. The Morgan fingerprint density at radius 1 is 0.950 bits per heavy atom. The summed E-state index contributed by atoms with van der Waals surface area (Å²) in [5, 5.41) is 0. The summed E-state index contributed by atoms with van der Waals surface area (Å²) in [5.74, 6) is 1.54. The second-order valence-corrected chi connectivity index (χ2v) is 6.67. The highest BCUT2D eigenvalue weighted by atomic mass is 15.1. The van der Waals surface area contributed by atoms with E-state index >= 15 is 0 Å². The van der Waals surface area contributed by atoms with E-state index in [-0.39, 0.29) is 0 Å². The zero-order valence-corrected chi connectivity index (χ0v) is 13.7. The van der Waals surface area contributed by atoms with Gasteiger partial charge in [-0.3, -0.25) is 4.90 Å². The molecular formula is C18H32N2. The summed E-state index contributed by atoms with van der Waals surface area (Å²) >= 11 is 0. The van der Waals surface area contributed by atoms with Crippen molar-refractivity contribution in [3.8, 4) is 0 Å². The molecule has 0 fully saturated rings. The highest BCUT2D eigenvalue weighted by molar-refractivity contribution is 5.23. The van der Waals surface area contributed by atoms with Gasteiger partial charge in [0.1, 0.15) is 0 Å². The minimum atomic E-state index is 0.631. The molecule has 1 rings (SSSR count). The Balaban J connectivity index is 2.61. The topological polar surface area (TPSA) is 29.3 Å². The van der Waals surface area contributed by atoms with Gasteiger partial charge in [-0.15, -0.1) is 0 Å². The van der Waals surface area contributed by atoms with Crippen molar-refractivity contribution in [3.05, 3.63) is 35.4 Å². The molecule has 0 amide bonds. The van der Waals surface area contributed by atoms with Crippen molar-refractivity contribution in [1.82, 2.24) is 4.90 Å². The maximum Gasteiger partial charge on any atom is 0.0233 e. The fourth-order valence-electron chi connectivity index (χ4n) is 2.26. The molecule has 0 heterocycles. The molecule has 114 valence electrons. The first-order valence-electron chi connectivity index (χ1n) is 8.01. The van der Waals surface area contributed by atoms with Crippen LogP contribution in [0.1, 0.15) is 51.7 Å². The first kappa shape index (κ1) is 17.2. The Kier molecular flexibility index (Phi) is 7.86. The molecule has 1 aromatic rings. The quantitative estimate of drug-likeness (QED) is 0.737. The van der Waals surface area contributed by atoms with Crippen LogP contribution in [0.15, 0.2) is 24.3 Å². The lowest BCUT2D eigenvalue weighted by Crippen LogP contribution is -2.27. The number of hydrogen-bond acceptors (Lipinski definition) is 2. The highest BCUT2D eigenvalue weighted by Gasteiger charge is 2.08. The Hall–Kier alpha value is -0.860. The van der Waals surface area contributed by atoms with E-state index in [0.717, 1.165) is 18.4 Å². The van der Waals surface area contributed by atoms with Gasteiger partial charge in [-0.05, 0) is 48.9 Å². The number of nitrogens with two attached hydrogens (primary N) is 1. The van der Waals surface area contributed by atoms with Crippen molar-refractivity contribution in [2.45, 2.75) is 53.6 Å². The van der Waals surface area contributed by atoms with Crippen LogP contribution in [0.4, 0.5) is 0 Å². The molecule has 0 aromatic heterocycles. The summed E-state index contributed by atoms with van der Waals surface area (Å²) in [5.41, 5.74) is 8.35. The monoisotopic (exact) mass is 276 g/mol. The largest absolute Gasteiger partial charge is 0.326 e. The van der Waals surface area contributed by atoms with Crippen molar-refractivity contribution in [2.75, 3.05) is 13.1 Å². The van der Waals surface area contributed by atoms with Gasteiger partial charge in [0.15, 0.2) is 0 Å². The Bertz CT molecular complexity index is 359. The van der Waals surface area contributed by atoms with Crippen molar-refractivity contribution < 1.29 is 0 Å². The van der Waals surface area contributed by atoms with Gasteiger partial charge in [-0.1, -0.05) is 52.0 Å². The molecule has 0 aliphatic carbocycles. The van der Waals surface area contributed by atoms with Crippen LogP contribution in [0.3, 0.4) is 0 Å². The predicted molar refractivity (Wildman–Crippen MR) is 88.5 cm³/mol. The third kappa shape index (κ3) is 7.06. The van der Waals surface area contributed by atoms with Crippen molar-refractivity contribution in [1.29, 1.82) is 0 Å². The molecule has 0 aliphatic rings. The van der Waals surface area contributed by atoms with Gasteiger partial charge < -0.3 is 5.73 Å². The van der Waals surface area contributed by atoms with Crippen molar-refractivity contribution in [3.63, 3.8) is 0 Å². The molecule has 0 atom stereocenters. The zero-order valence-electron chi connectivity index (χ0n) is 13.7. The summed E-state index contributed by atoms with van der Waals surface area (Å²) in [6.45, 7) is 13.3. The second-order valence-electron chi connectivity index (χ2n) is 6.67. The molecule has 0 unspecified atom stereocenters. The van der Waals surface area contributed by atoms with Gasteiger partial charge in [-0.2, -0.15) is 0 Å². The smallest absolute Gasteiger partial charge is 0.0233 e. The molecule has 0 bridgehead atoms. The van der Waals surface area contributed by atoms with Crippen molar-refractivity contribution >= 4 is 0 Å². The minimum absolute atomic E-state index is 0.631. The van der Waals surface area contributed by atoms with Gasteiger partial charge in [-0.25, -0.2) is 0 Å². The van der Waals surface area contributed by atoms with Gasteiger partial charge in [0.25, 0.3) is 0 Å². The molecule has 20 heavy (non-hydrogen) atoms. The van der Waals surface area contributed by atoms with E-state index in [1.54, 1.807) is 0 Å². The van der Waals surface area contributed by atoms with Crippen LogP contribution < -0.4 is 5.73 Å². The first-order valence-corrected chi connectivity index (χ1v) is 8.01. The summed E-state index contributed by atoms with van der Waals surface area (Å²) in [4.78, 5) is 2.59. The first-order chi connectivity index (χ1) is 9.51. The predicted octanol–water partition coefficient (Wildman–Crippen LogP) is 4.04. The lowest BCUT2D eigenvalue weighted by Gasteiger charge is -2.24. The van der Waals surface area contributed by atoms with E-state index in [0.29, 0.717) is 6.54 Å². The Labute approximate surface area is 125 Å². The minimum Gasteiger partial charge on any atom is -0.326 e. The van der Waals surface area contributed by atoms with Crippen LogP contribution in [-0.2, 0) is 13.1 Å². The van der Waals surface area contributed by atoms with E-state index in [2.05, 4.69) is 56.9 Å². The third-order valence-corrected chi connectivity index (χ3v) is 3.68. The molecule has 0 saturated heterocycles. The van der Waals surface area contributed by atoms with Crippen LogP contribution in [-0.4, -0.2) is 18.0 Å². The highest BCUT2D eigenvalue weighted by Crippen LogP contribution is 2.12. The maximum absolute atomic E-state index is 5.73. The average Bonchev–Trinajstić information content (AvgIpc) is 2.41. The lowest BCUT2D eigenvalue weighted by atomic mass is 10.1. The van der Waals surface area contributed by atoms with Crippen LogP contribution in [0.5, 0.6) is 0 Å². The number of benzene rings is 1. The number of rotatable bonds is 9. The van der Waals surface area contributed by atoms with Gasteiger partial charge >= 0.3 is 0 Å². The summed E-state index contributed by atoms with van der Waals surface area (Å²) in [6, 6.07) is 8.70. The molecule has 2 nitrogen and oxygen atoms in total. The van der Waals surface area contributed by atoms with Crippen LogP contribution in [0.25, 0.3) is 0 Å². The normalized spacial score (nSPS) is 11.8. The fourth-order valence-corrected chi connectivity index (χ4v) is 2.26. The van der Waals surface area contributed by atoms with Crippen LogP contribution >= 0.6 is 0 Å². The lowest BCUT2D eigenvalue weighted by molar-refractivity contribution is 0.235. The molecule has 0 saturated carbocycles. The number of nitrogens with zero attached hydrogens (tertiary/aromatic N) is 1. The molecule has 0 spiro atoms. The molecule has 0 aliphatic heterocycles. The van der Waals surface area contributed by atoms with E-state index in [4.69, 9.17) is 5.73 Å². The Morgan fingerprint density at radius 2 is 1.50 bits per heavy atom. The van der Waals surface area contributed by atoms with E-state index in [9.17, 15) is 0 Å². The summed E-state index contributed by atoms with van der Waals surface area (Å²) in [6.07, 6.45) is 2.54.